The van der Waals surface area contributed by atoms with Crippen molar-refractivity contribution in [2.45, 2.75) is 18.8 Å². The van der Waals surface area contributed by atoms with Crippen molar-refractivity contribution in [1.82, 2.24) is 0 Å². The number of nitrogen functional groups attached to an aromatic ring is 1. The number of thioether (sulfide) groups is 1. The second-order valence-electron chi connectivity index (χ2n) is 4.65. The number of hydrogen-bond donors (Lipinski definition) is 2. The van der Waals surface area contributed by atoms with Crippen LogP contribution in [0.15, 0.2) is 48.5 Å². The maximum Gasteiger partial charge on any atom is 0.0900 e. The zero-order valence-corrected chi connectivity index (χ0v) is 11.9. The lowest BCUT2D eigenvalue weighted by Gasteiger charge is -2.13. The second-order valence-corrected chi connectivity index (χ2v) is 5.68. The van der Waals surface area contributed by atoms with Crippen molar-refractivity contribution in [2.24, 2.45) is 0 Å². The molecule has 0 aromatic heterocycles. The monoisotopic (exact) mass is 273 g/mol. The van der Waals surface area contributed by atoms with E-state index in [2.05, 4.69) is 31.2 Å². The molecule has 2 rings (SSSR count). The van der Waals surface area contributed by atoms with Crippen molar-refractivity contribution in [3.63, 3.8) is 0 Å². The predicted octanol–water partition coefficient (Wildman–Crippen LogP) is 3.54. The summed E-state index contributed by atoms with van der Waals surface area (Å²) in [5, 5.41) is 10.1. The smallest absolute Gasteiger partial charge is 0.0900 e. The van der Waals surface area contributed by atoms with Gasteiger partial charge in [0.05, 0.1) is 6.10 Å². The van der Waals surface area contributed by atoms with E-state index in [0.717, 1.165) is 11.3 Å². The molecule has 3 N–H and O–H groups in total. The Morgan fingerprint density at radius 1 is 1.16 bits per heavy atom. The van der Waals surface area contributed by atoms with E-state index in [0.29, 0.717) is 11.4 Å². The molecule has 0 aliphatic rings. The maximum atomic E-state index is 10.1. The number of anilines is 1. The number of aryl methyl sites for hydroxylation is 1. The SMILES string of the molecule is Cc1cccc(CSCC(O)c2ccccc2N)c1. The largest absolute Gasteiger partial charge is 0.398 e. The Kier molecular flexibility index (Phi) is 4.88. The van der Waals surface area contributed by atoms with Crippen LogP contribution in [0.1, 0.15) is 22.8 Å². The Labute approximate surface area is 118 Å². The quantitative estimate of drug-likeness (QED) is 0.819. The van der Waals surface area contributed by atoms with E-state index in [1.54, 1.807) is 11.8 Å². The van der Waals surface area contributed by atoms with Crippen molar-refractivity contribution >= 4 is 17.4 Å². The molecule has 0 fully saturated rings. The highest BCUT2D eigenvalue weighted by molar-refractivity contribution is 7.98. The molecule has 2 nitrogen and oxygen atoms in total. The minimum atomic E-state index is -0.504. The third-order valence-corrected chi connectivity index (χ3v) is 4.07. The van der Waals surface area contributed by atoms with Gasteiger partial charge in [-0.15, -0.1) is 0 Å². The first-order valence-electron chi connectivity index (χ1n) is 6.32. The molecule has 100 valence electrons. The Balaban J connectivity index is 1.88. The molecule has 0 aliphatic heterocycles. The summed E-state index contributed by atoms with van der Waals surface area (Å²) in [6.45, 7) is 2.09. The van der Waals surface area contributed by atoms with Crippen LogP contribution in [0.2, 0.25) is 0 Å². The van der Waals surface area contributed by atoms with Crippen LogP contribution in [0.4, 0.5) is 5.69 Å². The second kappa shape index (κ2) is 6.64. The molecule has 0 aliphatic carbocycles. The van der Waals surface area contributed by atoms with Crippen LogP contribution in [-0.2, 0) is 5.75 Å². The number of nitrogens with two attached hydrogens (primary N) is 1. The third-order valence-electron chi connectivity index (χ3n) is 2.98. The molecular formula is C16H19NOS. The normalized spacial score (nSPS) is 12.3. The molecule has 2 aromatic rings. The van der Waals surface area contributed by atoms with Crippen molar-refractivity contribution in [3.05, 3.63) is 65.2 Å². The summed E-state index contributed by atoms with van der Waals surface area (Å²) in [5.74, 6) is 1.56. The van der Waals surface area contributed by atoms with E-state index >= 15 is 0 Å². The molecule has 3 heteroatoms. The number of benzene rings is 2. The number of aliphatic hydroxyl groups excluding tert-OH is 1. The highest BCUT2D eigenvalue weighted by Gasteiger charge is 2.10. The Morgan fingerprint density at radius 3 is 2.68 bits per heavy atom. The van der Waals surface area contributed by atoms with Gasteiger partial charge in [0.2, 0.25) is 0 Å². The Bertz CT molecular complexity index is 542. The van der Waals surface area contributed by atoms with E-state index in [1.807, 2.05) is 24.3 Å². The number of hydrogen-bond acceptors (Lipinski definition) is 3. The fourth-order valence-corrected chi connectivity index (χ4v) is 2.93. The maximum absolute atomic E-state index is 10.1. The van der Waals surface area contributed by atoms with E-state index in [4.69, 9.17) is 5.73 Å². The molecule has 0 saturated heterocycles. The van der Waals surface area contributed by atoms with E-state index < -0.39 is 6.10 Å². The molecule has 2 aromatic carbocycles. The summed E-state index contributed by atoms with van der Waals surface area (Å²) >= 11 is 1.72. The molecule has 0 spiro atoms. The first kappa shape index (κ1) is 14.0. The van der Waals surface area contributed by atoms with Gasteiger partial charge >= 0.3 is 0 Å². The minimum Gasteiger partial charge on any atom is -0.398 e. The molecular weight excluding hydrogens is 254 g/mol. The van der Waals surface area contributed by atoms with Gasteiger partial charge in [-0.1, -0.05) is 48.0 Å². The van der Waals surface area contributed by atoms with Gasteiger partial charge in [0.1, 0.15) is 0 Å². The van der Waals surface area contributed by atoms with Crippen LogP contribution in [-0.4, -0.2) is 10.9 Å². The van der Waals surface area contributed by atoms with Gasteiger partial charge in [-0.3, -0.25) is 0 Å². The average molecular weight is 273 g/mol. The highest BCUT2D eigenvalue weighted by atomic mass is 32.2. The lowest BCUT2D eigenvalue weighted by atomic mass is 10.1. The molecule has 0 radical (unpaired) electrons. The Hall–Kier alpha value is -1.45. The third kappa shape index (κ3) is 4.01. The predicted molar refractivity (Wildman–Crippen MR) is 83.2 cm³/mol. The fourth-order valence-electron chi connectivity index (χ4n) is 1.99. The van der Waals surface area contributed by atoms with Crippen LogP contribution in [0, 0.1) is 6.92 Å². The first-order chi connectivity index (χ1) is 9.16. The molecule has 0 amide bonds. The van der Waals surface area contributed by atoms with Crippen molar-refractivity contribution in [1.29, 1.82) is 0 Å². The summed E-state index contributed by atoms with van der Waals surface area (Å²) in [6, 6.07) is 15.9. The van der Waals surface area contributed by atoms with Gasteiger partial charge in [0, 0.05) is 22.8 Å². The van der Waals surface area contributed by atoms with Gasteiger partial charge in [0.15, 0.2) is 0 Å². The minimum absolute atomic E-state index is 0.504. The lowest BCUT2D eigenvalue weighted by Crippen LogP contribution is -2.04. The lowest BCUT2D eigenvalue weighted by molar-refractivity contribution is 0.205. The Morgan fingerprint density at radius 2 is 1.95 bits per heavy atom. The molecule has 0 heterocycles. The highest BCUT2D eigenvalue weighted by Crippen LogP contribution is 2.25. The van der Waals surface area contributed by atoms with Crippen LogP contribution in [0.3, 0.4) is 0 Å². The standard InChI is InChI=1S/C16H19NOS/c1-12-5-4-6-13(9-12)10-19-11-16(18)14-7-2-3-8-15(14)17/h2-9,16,18H,10-11,17H2,1H3. The molecule has 1 atom stereocenters. The summed E-state index contributed by atoms with van der Waals surface area (Å²) in [4.78, 5) is 0. The number of rotatable bonds is 5. The fraction of sp³-hybridized carbons (Fsp3) is 0.250. The average Bonchev–Trinajstić information content (AvgIpc) is 2.39. The number of aliphatic hydroxyl groups is 1. The van der Waals surface area contributed by atoms with E-state index in [9.17, 15) is 5.11 Å². The van der Waals surface area contributed by atoms with Crippen molar-refractivity contribution in [3.8, 4) is 0 Å². The van der Waals surface area contributed by atoms with Gasteiger partial charge in [0.25, 0.3) is 0 Å². The molecule has 19 heavy (non-hydrogen) atoms. The van der Waals surface area contributed by atoms with Crippen molar-refractivity contribution < 1.29 is 5.11 Å². The topological polar surface area (TPSA) is 46.2 Å². The first-order valence-corrected chi connectivity index (χ1v) is 7.48. The van der Waals surface area contributed by atoms with Gasteiger partial charge in [-0.2, -0.15) is 11.8 Å². The van der Waals surface area contributed by atoms with Crippen LogP contribution in [0.25, 0.3) is 0 Å². The van der Waals surface area contributed by atoms with Crippen LogP contribution in [0.5, 0.6) is 0 Å². The summed E-state index contributed by atoms with van der Waals surface area (Å²) in [6.07, 6.45) is -0.504. The van der Waals surface area contributed by atoms with Crippen LogP contribution >= 0.6 is 11.8 Å². The molecule has 0 saturated carbocycles. The molecule has 1 unspecified atom stereocenters. The van der Waals surface area contributed by atoms with Gasteiger partial charge in [-0.25, -0.2) is 0 Å². The number of para-hydroxylation sites is 1. The van der Waals surface area contributed by atoms with Gasteiger partial charge in [-0.05, 0) is 18.6 Å². The van der Waals surface area contributed by atoms with Crippen LogP contribution < -0.4 is 5.73 Å². The summed E-state index contributed by atoms with van der Waals surface area (Å²) < 4.78 is 0. The zero-order chi connectivity index (χ0) is 13.7. The van der Waals surface area contributed by atoms with Crippen molar-refractivity contribution in [2.75, 3.05) is 11.5 Å². The van der Waals surface area contributed by atoms with E-state index in [-0.39, 0.29) is 0 Å². The summed E-state index contributed by atoms with van der Waals surface area (Å²) in [5.41, 5.74) is 9.89. The van der Waals surface area contributed by atoms with E-state index in [1.165, 1.54) is 11.1 Å². The van der Waals surface area contributed by atoms with Gasteiger partial charge < -0.3 is 10.8 Å². The molecule has 0 bridgehead atoms. The summed E-state index contributed by atoms with van der Waals surface area (Å²) in [7, 11) is 0. The zero-order valence-electron chi connectivity index (χ0n) is 11.0.